The highest BCUT2D eigenvalue weighted by Crippen LogP contribution is 2.19. The Balaban J connectivity index is 2.34. The number of benzene rings is 1. The highest BCUT2D eigenvalue weighted by molar-refractivity contribution is 7.09. The van der Waals surface area contributed by atoms with Crippen molar-refractivity contribution in [3.63, 3.8) is 0 Å². The average Bonchev–Trinajstić information content (AvgIpc) is 2.76. The highest BCUT2D eigenvalue weighted by Gasteiger charge is 2.16. The molecular formula is C13H9F2NO2S. The van der Waals surface area contributed by atoms with E-state index < -0.39 is 23.2 Å². The number of aromatic nitrogens is 1. The molecule has 0 fully saturated rings. The number of rotatable bonds is 3. The SMILES string of the molecule is Cc1nc(C=Cc2ccc(C(=O)O)c(F)c2F)cs1. The van der Waals surface area contributed by atoms with E-state index in [1.807, 2.05) is 6.92 Å². The van der Waals surface area contributed by atoms with Gasteiger partial charge in [0, 0.05) is 10.9 Å². The molecule has 0 aliphatic rings. The van der Waals surface area contributed by atoms with Crippen molar-refractivity contribution in [2.45, 2.75) is 6.92 Å². The highest BCUT2D eigenvalue weighted by atomic mass is 32.1. The molecule has 0 amide bonds. The van der Waals surface area contributed by atoms with E-state index in [4.69, 9.17) is 5.11 Å². The summed E-state index contributed by atoms with van der Waals surface area (Å²) >= 11 is 1.45. The number of aryl methyl sites for hydroxylation is 1. The van der Waals surface area contributed by atoms with Crippen LogP contribution in [-0.2, 0) is 0 Å². The van der Waals surface area contributed by atoms with Crippen LogP contribution in [-0.4, -0.2) is 16.1 Å². The van der Waals surface area contributed by atoms with E-state index in [1.54, 1.807) is 11.5 Å². The van der Waals surface area contributed by atoms with E-state index >= 15 is 0 Å². The second-order valence-corrected chi connectivity index (χ2v) is 4.82. The van der Waals surface area contributed by atoms with Gasteiger partial charge in [-0.1, -0.05) is 6.07 Å². The van der Waals surface area contributed by atoms with Crippen LogP contribution >= 0.6 is 11.3 Å². The van der Waals surface area contributed by atoms with Crippen LogP contribution in [0.15, 0.2) is 17.5 Å². The molecule has 1 aromatic carbocycles. The minimum Gasteiger partial charge on any atom is -0.478 e. The fraction of sp³-hybridized carbons (Fsp3) is 0.0769. The molecule has 2 aromatic rings. The smallest absolute Gasteiger partial charge is 0.338 e. The van der Waals surface area contributed by atoms with Crippen molar-refractivity contribution in [1.82, 2.24) is 4.98 Å². The summed E-state index contributed by atoms with van der Waals surface area (Å²) in [5, 5.41) is 11.3. The predicted octanol–water partition coefficient (Wildman–Crippen LogP) is 3.60. The quantitative estimate of drug-likeness (QED) is 0.935. The van der Waals surface area contributed by atoms with Crippen LogP contribution in [0.1, 0.15) is 26.6 Å². The van der Waals surface area contributed by atoms with Gasteiger partial charge in [-0.3, -0.25) is 0 Å². The van der Waals surface area contributed by atoms with Crippen molar-refractivity contribution in [1.29, 1.82) is 0 Å². The number of carbonyl (C=O) groups is 1. The molecule has 3 nitrogen and oxygen atoms in total. The van der Waals surface area contributed by atoms with Crippen LogP contribution in [0.5, 0.6) is 0 Å². The summed E-state index contributed by atoms with van der Waals surface area (Å²) in [7, 11) is 0. The lowest BCUT2D eigenvalue weighted by Crippen LogP contribution is -2.03. The molecule has 6 heteroatoms. The lowest BCUT2D eigenvalue weighted by atomic mass is 10.1. The van der Waals surface area contributed by atoms with Crippen LogP contribution in [0.25, 0.3) is 12.2 Å². The second-order valence-electron chi connectivity index (χ2n) is 3.76. The largest absolute Gasteiger partial charge is 0.478 e. The van der Waals surface area contributed by atoms with Crippen LogP contribution in [0.3, 0.4) is 0 Å². The van der Waals surface area contributed by atoms with Crippen LogP contribution in [0.4, 0.5) is 8.78 Å². The molecule has 1 N–H and O–H groups in total. The Hall–Kier alpha value is -2.08. The Morgan fingerprint density at radius 3 is 2.63 bits per heavy atom. The fourth-order valence-corrected chi connectivity index (χ4v) is 2.07. The van der Waals surface area contributed by atoms with Gasteiger partial charge in [0.2, 0.25) is 0 Å². The van der Waals surface area contributed by atoms with Crippen molar-refractivity contribution < 1.29 is 18.7 Å². The van der Waals surface area contributed by atoms with Gasteiger partial charge in [0.1, 0.15) is 0 Å². The Morgan fingerprint density at radius 2 is 2.05 bits per heavy atom. The van der Waals surface area contributed by atoms with E-state index in [2.05, 4.69) is 4.98 Å². The molecule has 2 rings (SSSR count). The number of nitrogens with zero attached hydrogens (tertiary/aromatic N) is 1. The summed E-state index contributed by atoms with van der Waals surface area (Å²) in [5.41, 5.74) is -0.0584. The summed E-state index contributed by atoms with van der Waals surface area (Å²) in [6.45, 7) is 1.84. The summed E-state index contributed by atoms with van der Waals surface area (Å²) in [4.78, 5) is 14.8. The average molecular weight is 281 g/mol. The second kappa shape index (κ2) is 5.27. The molecule has 0 saturated heterocycles. The zero-order valence-electron chi connectivity index (χ0n) is 9.85. The van der Waals surface area contributed by atoms with Crippen LogP contribution in [0, 0.1) is 18.6 Å². The van der Waals surface area contributed by atoms with E-state index in [0.29, 0.717) is 5.69 Å². The molecule has 1 aromatic heterocycles. The van der Waals surface area contributed by atoms with Gasteiger partial charge in [0.05, 0.1) is 16.3 Å². The van der Waals surface area contributed by atoms with Crippen LogP contribution in [0.2, 0.25) is 0 Å². The number of carboxylic acids is 1. The number of aromatic carboxylic acids is 1. The number of halogens is 2. The van der Waals surface area contributed by atoms with E-state index in [9.17, 15) is 13.6 Å². The zero-order chi connectivity index (χ0) is 14.0. The molecule has 0 aliphatic heterocycles. The normalized spacial score (nSPS) is 11.1. The Bertz CT molecular complexity index is 665. The van der Waals surface area contributed by atoms with E-state index in [1.165, 1.54) is 23.5 Å². The molecule has 0 atom stereocenters. The first-order valence-electron chi connectivity index (χ1n) is 5.30. The molecular weight excluding hydrogens is 272 g/mol. The standard InChI is InChI=1S/C13H9F2NO2S/c1-7-16-9(6-19-7)4-2-8-3-5-10(13(17)18)12(15)11(8)14/h2-6H,1H3,(H,17,18). The molecule has 0 aliphatic carbocycles. The molecule has 0 saturated carbocycles. The maximum atomic E-state index is 13.6. The maximum Gasteiger partial charge on any atom is 0.338 e. The summed E-state index contributed by atoms with van der Waals surface area (Å²) < 4.78 is 27.1. The van der Waals surface area contributed by atoms with E-state index in [-0.39, 0.29) is 5.56 Å². The number of hydrogen-bond acceptors (Lipinski definition) is 3. The minimum atomic E-state index is -1.50. The first-order valence-corrected chi connectivity index (χ1v) is 6.18. The first-order chi connectivity index (χ1) is 8.99. The number of thiazole rings is 1. The lowest BCUT2D eigenvalue weighted by molar-refractivity contribution is 0.0690. The van der Waals surface area contributed by atoms with Crippen LogP contribution < -0.4 is 0 Å². The fourth-order valence-electron chi connectivity index (χ4n) is 1.49. The van der Waals surface area contributed by atoms with Gasteiger partial charge < -0.3 is 5.11 Å². The predicted molar refractivity (Wildman–Crippen MR) is 69.1 cm³/mol. The van der Waals surface area contributed by atoms with E-state index in [0.717, 1.165) is 11.1 Å². The molecule has 0 radical (unpaired) electrons. The first kappa shape index (κ1) is 13.4. The monoisotopic (exact) mass is 281 g/mol. The third-order valence-electron chi connectivity index (χ3n) is 2.41. The van der Waals surface area contributed by atoms with Gasteiger partial charge in [0.15, 0.2) is 11.6 Å². The molecule has 98 valence electrons. The van der Waals surface area contributed by atoms with Crippen molar-refractivity contribution in [2.24, 2.45) is 0 Å². The van der Waals surface area contributed by atoms with Gasteiger partial charge in [-0.05, 0) is 25.1 Å². The van der Waals surface area contributed by atoms with Crippen molar-refractivity contribution in [3.05, 3.63) is 51.0 Å². The zero-order valence-corrected chi connectivity index (χ0v) is 10.7. The summed E-state index contributed by atoms with van der Waals surface area (Å²) in [6, 6.07) is 2.25. The number of hydrogen-bond donors (Lipinski definition) is 1. The molecule has 0 unspecified atom stereocenters. The Kier molecular flexibility index (Phi) is 3.71. The minimum absolute atomic E-state index is 0.0202. The lowest BCUT2D eigenvalue weighted by Gasteiger charge is -2.01. The molecule has 19 heavy (non-hydrogen) atoms. The Labute approximate surface area is 111 Å². The third kappa shape index (κ3) is 2.85. The van der Waals surface area contributed by atoms with Crippen molar-refractivity contribution in [2.75, 3.05) is 0 Å². The number of carboxylic acid groups (broad SMARTS) is 1. The maximum absolute atomic E-state index is 13.6. The topological polar surface area (TPSA) is 50.2 Å². The Morgan fingerprint density at radius 1 is 1.32 bits per heavy atom. The molecule has 0 bridgehead atoms. The van der Waals surface area contributed by atoms with Crippen molar-refractivity contribution >= 4 is 29.5 Å². The summed E-state index contributed by atoms with van der Waals surface area (Å²) in [6.07, 6.45) is 2.90. The molecule has 0 spiro atoms. The molecule has 1 heterocycles. The van der Waals surface area contributed by atoms with Gasteiger partial charge >= 0.3 is 5.97 Å². The third-order valence-corrected chi connectivity index (χ3v) is 3.20. The van der Waals surface area contributed by atoms with Crippen molar-refractivity contribution in [3.8, 4) is 0 Å². The van der Waals surface area contributed by atoms with Gasteiger partial charge in [-0.25, -0.2) is 18.6 Å². The summed E-state index contributed by atoms with van der Waals surface area (Å²) in [5.74, 6) is -4.03. The van der Waals surface area contributed by atoms with Gasteiger partial charge in [0.25, 0.3) is 0 Å². The van der Waals surface area contributed by atoms with Gasteiger partial charge in [-0.2, -0.15) is 0 Å². The van der Waals surface area contributed by atoms with Gasteiger partial charge in [-0.15, -0.1) is 11.3 Å².